The molecule has 12 heteroatoms. The van der Waals surface area contributed by atoms with E-state index in [0.717, 1.165) is 34.6 Å². The molecule has 1 heterocycles. The molecule has 4 aromatic rings. The number of nitrogens with zero attached hydrogens (tertiary/aromatic N) is 2. The van der Waals surface area contributed by atoms with E-state index in [0.29, 0.717) is 17.7 Å². The molecular weight excluding hydrogens is 576 g/mol. The van der Waals surface area contributed by atoms with Crippen LogP contribution in [0.4, 0.5) is 5.69 Å². The molecule has 3 aromatic carbocycles. The molecule has 0 saturated heterocycles. The molecule has 42 heavy (non-hydrogen) atoms. The molecular formula is C30H30N4O6S2. The lowest BCUT2D eigenvalue weighted by Gasteiger charge is -2.35. The van der Waals surface area contributed by atoms with E-state index in [9.17, 15) is 28.1 Å². The first-order chi connectivity index (χ1) is 20.2. The molecule has 1 aromatic heterocycles. The number of hydrogen-bond donors (Lipinski definition) is 2. The zero-order valence-electron chi connectivity index (χ0n) is 22.7. The van der Waals surface area contributed by atoms with E-state index in [4.69, 9.17) is 0 Å². The number of benzene rings is 3. The predicted octanol–water partition coefficient (Wildman–Crippen LogP) is 4.86. The van der Waals surface area contributed by atoms with Gasteiger partial charge in [0, 0.05) is 30.4 Å². The van der Waals surface area contributed by atoms with Crippen molar-refractivity contribution < 1.29 is 22.9 Å². The molecule has 0 radical (unpaired) electrons. The van der Waals surface area contributed by atoms with Gasteiger partial charge in [-0.05, 0) is 42.0 Å². The first-order valence-corrected chi connectivity index (χ1v) is 15.9. The van der Waals surface area contributed by atoms with Crippen molar-refractivity contribution in [2.75, 3.05) is 13.1 Å². The maximum Gasteiger partial charge on any atom is 0.289 e. The minimum atomic E-state index is -4.23. The highest BCUT2D eigenvalue weighted by atomic mass is 32.2. The molecule has 1 aliphatic rings. The summed E-state index contributed by atoms with van der Waals surface area (Å²) in [7, 11) is -4.23. The monoisotopic (exact) mass is 606 g/mol. The van der Waals surface area contributed by atoms with Gasteiger partial charge in [-0.15, -0.1) is 11.3 Å². The van der Waals surface area contributed by atoms with Gasteiger partial charge < -0.3 is 10.2 Å². The fraction of sp³-hybridized carbons (Fsp3) is 0.267. The second-order valence-electron chi connectivity index (χ2n) is 10.2. The highest BCUT2D eigenvalue weighted by Crippen LogP contribution is 2.34. The lowest BCUT2D eigenvalue weighted by atomic mass is 9.94. The van der Waals surface area contributed by atoms with Crippen LogP contribution in [0.1, 0.15) is 40.9 Å². The number of thiophene rings is 1. The standard InChI is InChI=1S/C30H30N4O6S2/c35-28(26-20-23-12-4-6-14-25(23)41-26)32-30(16-8-9-17-30)29(36)33(21-22-10-2-1-3-11-22)19-18-31-42(39,40)27-15-7-5-13-24(27)34(37)38/h1-7,10-15,20,31H,8-9,16-19,21H2,(H,32,35). The van der Waals surface area contributed by atoms with Crippen LogP contribution in [0.3, 0.4) is 0 Å². The number of carbonyl (C=O) groups is 2. The minimum absolute atomic E-state index is 0.00586. The summed E-state index contributed by atoms with van der Waals surface area (Å²) >= 11 is 1.37. The van der Waals surface area contributed by atoms with E-state index in [2.05, 4.69) is 10.0 Å². The van der Waals surface area contributed by atoms with Crippen molar-refractivity contribution in [1.82, 2.24) is 14.9 Å². The number of para-hydroxylation sites is 1. The van der Waals surface area contributed by atoms with Crippen LogP contribution >= 0.6 is 11.3 Å². The Labute approximate surface area is 247 Å². The van der Waals surface area contributed by atoms with Crippen molar-refractivity contribution in [3.8, 4) is 0 Å². The van der Waals surface area contributed by atoms with Gasteiger partial charge in [0.1, 0.15) is 5.54 Å². The number of nitro benzene ring substituents is 1. The summed E-state index contributed by atoms with van der Waals surface area (Å²) in [5.74, 6) is -0.605. The molecule has 1 fully saturated rings. The van der Waals surface area contributed by atoms with Gasteiger partial charge in [0.05, 0.1) is 9.80 Å². The number of sulfonamides is 1. The fourth-order valence-electron chi connectivity index (χ4n) is 5.33. The first-order valence-electron chi connectivity index (χ1n) is 13.6. The second kappa shape index (κ2) is 12.4. The normalized spacial score (nSPS) is 14.5. The maximum atomic E-state index is 14.2. The van der Waals surface area contributed by atoms with Gasteiger partial charge >= 0.3 is 0 Å². The topological polar surface area (TPSA) is 139 Å². The largest absolute Gasteiger partial charge is 0.337 e. The van der Waals surface area contributed by atoms with E-state index in [1.54, 1.807) is 4.90 Å². The Morgan fingerprint density at radius 1 is 0.952 bits per heavy atom. The second-order valence-corrected chi connectivity index (χ2v) is 13.0. The van der Waals surface area contributed by atoms with Crippen LogP contribution < -0.4 is 10.0 Å². The third-order valence-electron chi connectivity index (χ3n) is 7.40. The van der Waals surface area contributed by atoms with Crippen molar-refractivity contribution in [2.24, 2.45) is 0 Å². The molecule has 1 saturated carbocycles. The van der Waals surface area contributed by atoms with E-state index >= 15 is 0 Å². The van der Waals surface area contributed by atoms with Crippen molar-refractivity contribution >= 4 is 48.9 Å². The van der Waals surface area contributed by atoms with Crippen molar-refractivity contribution in [2.45, 2.75) is 42.7 Å². The predicted molar refractivity (Wildman–Crippen MR) is 161 cm³/mol. The number of nitrogens with one attached hydrogen (secondary N) is 2. The number of amides is 2. The third kappa shape index (κ3) is 6.35. The quantitative estimate of drug-likeness (QED) is 0.185. The summed E-state index contributed by atoms with van der Waals surface area (Å²) in [4.78, 5) is 39.9. The molecule has 218 valence electrons. The van der Waals surface area contributed by atoms with E-state index in [1.807, 2.05) is 60.7 Å². The zero-order valence-corrected chi connectivity index (χ0v) is 24.3. The van der Waals surface area contributed by atoms with Crippen molar-refractivity contribution in [3.63, 3.8) is 0 Å². The Kier molecular flexibility index (Phi) is 8.66. The smallest absolute Gasteiger partial charge is 0.289 e. The number of fused-ring (bicyclic) bond motifs is 1. The number of hydrogen-bond acceptors (Lipinski definition) is 7. The van der Waals surface area contributed by atoms with Crippen LogP contribution in [0, 0.1) is 10.1 Å². The molecule has 2 N–H and O–H groups in total. The molecule has 5 rings (SSSR count). The Morgan fingerprint density at radius 2 is 1.62 bits per heavy atom. The Hall–Kier alpha value is -4.13. The molecule has 0 atom stereocenters. The molecule has 0 unspecified atom stereocenters. The van der Waals surface area contributed by atoms with Gasteiger partial charge in [-0.2, -0.15) is 0 Å². The number of rotatable bonds is 11. The molecule has 10 nitrogen and oxygen atoms in total. The average Bonchev–Trinajstić information content (AvgIpc) is 3.65. The number of carbonyl (C=O) groups excluding carboxylic acids is 2. The van der Waals surface area contributed by atoms with Crippen LogP contribution in [-0.4, -0.2) is 48.7 Å². The molecule has 0 bridgehead atoms. The van der Waals surface area contributed by atoms with Crippen LogP contribution in [0.25, 0.3) is 10.1 Å². The van der Waals surface area contributed by atoms with E-state index in [-0.39, 0.29) is 31.4 Å². The first kappa shape index (κ1) is 29.4. The van der Waals surface area contributed by atoms with Gasteiger partial charge in [0.15, 0.2) is 4.90 Å². The summed E-state index contributed by atoms with van der Waals surface area (Å²) in [6, 6.07) is 23.9. The van der Waals surface area contributed by atoms with Crippen molar-refractivity contribution in [1.29, 1.82) is 0 Å². The summed E-state index contributed by atoms with van der Waals surface area (Å²) in [5, 5.41) is 15.4. The Balaban J connectivity index is 1.37. The highest BCUT2D eigenvalue weighted by molar-refractivity contribution is 7.89. The Bertz CT molecular complexity index is 1680. The van der Waals surface area contributed by atoms with Gasteiger partial charge in [-0.25, -0.2) is 13.1 Å². The van der Waals surface area contributed by atoms with E-state index < -0.39 is 31.1 Å². The third-order valence-corrected chi connectivity index (χ3v) is 10.0. The lowest BCUT2D eigenvalue weighted by Crippen LogP contribution is -2.58. The molecule has 0 aliphatic heterocycles. The lowest BCUT2D eigenvalue weighted by molar-refractivity contribution is -0.387. The average molecular weight is 607 g/mol. The van der Waals surface area contributed by atoms with Crippen LogP contribution in [0.2, 0.25) is 0 Å². The van der Waals surface area contributed by atoms with E-state index in [1.165, 1.54) is 29.5 Å². The molecule has 2 amide bonds. The summed E-state index contributed by atoms with van der Waals surface area (Å²) in [6.45, 7) is 0.0226. The summed E-state index contributed by atoms with van der Waals surface area (Å²) in [6.07, 6.45) is 2.47. The van der Waals surface area contributed by atoms with Gasteiger partial charge in [-0.3, -0.25) is 19.7 Å². The maximum absolute atomic E-state index is 14.2. The van der Waals surface area contributed by atoms with Gasteiger partial charge in [0.2, 0.25) is 15.9 Å². The number of nitro groups is 1. The van der Waals surface area contributed by atoms with Crippen LogP contribution in [0.5, 0.6) is 0 Å². The Morgan fingerprint density at radius 3 is 2.33 bits per heavy atom. The molecule has 0 spiro atoms. The minimum Gasteiger partial charge on any atom is -0.337 e. The fourth-order valence-corrected chi connectivity index (χ4v) is 7.48. The zero-order chi connectivity index (χ0) is 29.7. The molecule has 1 aliphatic carbocycles. The highest BCUT2D eigenvalue weighted by Gasteiger charge is 2.45. The summed E-state index contributed by atoms with van der Waals surface area (Å²) in [5.41, 5.74) is -0.813. The summed E-state index contributed by atoms with van der Waals surface area (Å²) < 4.78 is 29.4. The SMILES string of the molecule is O=C(NC1(C(=O)N(CCNS(=O)(=O)c2ccccc2[N+](=O)[O-])Cc2ccccc2)CCCC1)c1cc2ccccc2s1. The van der Waals surface area contributed by atoms with Gasteiger partial charge in [0.25, 0.3) is 11.6 Å². The van der Waals surface area contributed by atoms with Crippen LogP contribution in [-0.2, 0) is 21.4 Å². The van der Waals surface area contributed by atoms with Crippen LogP contribution in [0.15, 0.2) is 89.8 Å². The van der Waals surface area contributed by atoms with Gasteiger partial charge in [-0.1, -0.05) is 73.5 Å². The van der Waals surface area contributed by atoms with Crippen molar-refractivity contribution in [3.05, 3.63) is 105 Å².